The number of thiazole rings is 1. The van der Waals surface area contributed by atoms with Crippen LogP contribution in [0.1, 0.15) is 89.1 Å². The Balaban J connectivity index is 1.24. The number of allylic oxidation sites excluding steroid dienone is 2. The SMILES string of the molecule is CCCCC(=O)O[C@H]1CC[C@H]2[C@@H]3CC=C4c5sc(Nc6cc(Cl)ccc6OC)nc5CC[C@]4(C)[C@H]3CC[C@]12C. The Labute approximate surface area is 241 Å². The molecular formula is C32H41ClN2O3S. The molecule has 6 rings (SSSR count). The monoisotopic (exact) mass is 568 g/mol. The lowest BCUT2D eigenvalue weighted by Gasteiger charge is -2.56. The lowest BCUT2D eigenvalue weighted by molar-refractivity contribution is -0.159. The highest BCUT2D eigenvalue weighted by Gasteiger charge is 2.60. The highest BCUT2D eigenvalue weighted by molar-refractivity contribution is 7.16. The first kappa shape index (κ1) is 27.1. The average molecular weight is 569 g/mol. The van der Waals surface area contributed by atoms with E-state index in [4.69, 9.17) is 26.1 Å². The molecule has 1 N–H and O–H groups in total. The summed E-state index contributed by atoms with van der Waals surface area (Å²) in [6.07, 6.45) is 13.0. The minimum Gasteiger partial charge on any atom is -0.495 e. The largest absolute Gasteiger partial charge is 0.495 e. The van der Waals surface area contributed by atoms with Crippen molar-refractivity contribution >= 4 is 45.3 Å². The molecule has 1 aromatic carbocycles. The molecule has 0 radical (unpaired) electrons. The minimum atomic E-state index is 0.00782. The van der Waals surface area contributed by atoms with Crippen molar-refractivity contribution in [2.75, 3.05) is 12.4 Å². The first-order chi connectivity index (χ1) is 18.8. The van der Waals surface area contributed by atoms with Crippen molar-refractivity contribution in [2.45, 2.75) is 91.1 Å². The summed E-state index contributed by atoms with van der Waals surface area (Å²) < 4.78 is 11.7. The van der Waals surface area contributed by atoms with Crippen molar-refractivity contribution in [1.82, 2.24) is 4.98 Å². The second kappa shape index (κ2) is 10.4. The van der Waals surface area contributed by atoms with E-state index in [0.717, 1.165) is 61.5 Å². The number of hydrogen-bond acceptors (Lipinski definition) is 6. The summed E-state index contributed by atoms with van der Waals surface area (Å²) in [7, 11) is 1.67. The molecule has 0 saturated heterocycles. The molecule has 7 heteroatoms. The summed E-state index contributed by atoms with van der Waals surface area (Å²) >= 11 is 8.04. The highest BCUT2D eigenvalue weighted by atomic mass is 35.5. The number of benzene rings is 1. The molecule has 1 heterocycles. The third kappa shape index (κ3) is 4.60. The van der Waals surface area contributed by atoms with E-state index in [9.17, 15) is 4.79 Å². The zero-order valence-corrected chi connectivity index (χ0v) is 25.2. The van der Waals surface area contributed by atoms with Crippen LogP contribution in [0, 0.1) is 28.6 Å². The maximum Gasteiger partial charge on any atom is 0.306 e. The number of aryl methyl sites for hydroxylation is 1. The van der Waals surface area contributed by atoms with Gasteiger partial charge in [-0.1, -0.05) is 56.2 Å². The molecule has 39 heavy (non-hydrogen) atoms. The number of carbonyl (C=O) groups is 1. The van der Waals surface area contributed by atoms with Gasteiger partial charge in [0.05, 0.1) is 23.4 Å². The molecule has 1 aromatic heterocycles. The van der Waals surface area contributed by atoms with Gasteiger partial charge in [-0.25, -0.2) is 4.98 Å². The molecule has 0 unspecified atom stereocenters. The first-order valence-electron chi connectivity index (χ1n) is 14.8. The Kier molecular flexibility index (Phi) is 7.24. The van der Waals surface area contributed by atoms with E-state index < -0.39 is 0 Å². The van der Waals surface area contributed by atoms with Gasteiger partial charge in [0.2, 0.25) is 0 Å². The number of carbonyl (C=O) groups excluding carboxylic acids is 1. The van der Waals surface area contributed by atoms with Crippen molar-refractivity contribution in [3.8, 4) is 5.75 Å². The van der Waals surface area contributed by atoms with Gasteiger partial charge in [0, 0.05) is 16.9 Å². The van der Waals surface area contributed by atoms with Crippen molar-refractivity contribution in [3.63, 3.8) is 0 Å². The van der Waals surface area contributed by atoms with Crippen LogP contribution in [0.25, 0.3) is 5.57 Å². The number of unbranched alkanes of at least 4 members (excludes halogenated alkanes) is 1. The van der Waals surface area contributed by atoms with E-state index in [-0.39, 0.29) is 22.9 Å². The fraction of sp³-hybridized carbons (Fsp3) is 0.625. The normalized spacial score (nSPS) is 32.8. The number of methoxy groups -OCH3 is 1. The third-order valence-electron chi connectivity index (χ3n) is 10.6. The zero-order valence-electron chi connectivity index (χ0n) is 23.6. The average Bonchev–Trinajstić information content (AvgIpc) is 3.47. The quantitative estimate of drug-likeness (QED) is 0.338. The van der Waals surface area contributed by atoms with Gasteiger partial charge in [0.15, 0.2) is 5.13 Å². The van der Waals surface area contributed by atoms with Gasteiger partial charge in [-0.2, -0.15) is 0 Å². The molecule has 4 aliphatic rings. The molecule has 0 aliphatic heterocycles. The fourth-order valence-corrected chi connectivity index (χ4v) is 9.88. The molecule has 2 aromatic rings. The number of nitrogens with one attached hydrogen (secondary N) is 1. The van der Waals surface area contributed by atoms with Gasteiger partial charge in [-0.15, -0.1) is 0 Å². The Morgan fingerprint density at radius 2 is 2.05 bits per heavy atom. The molecule has 0 bridgehead atoms. The number of anilines is 2. The van der Waals surface area contributed by atoms with E-state index in [1.54, 1.807) is 18.4 Å². The van der Waals surface area contributed by atoms with Crippen LogP contribution in [0.3, 0.4) is 0 Å². The predicted octanol–water partition coefficient (Wildman–Crippen LogP) is 8.83. The molecule has 0 spiro atoms. The number of hydrogen-bond donors (Lipinski definition) is 1. The van der Waals surface area contributed by atoms with E-state index in [0.29, 0.717) is 29.2 Å². The second-order valence-electron chi connectivity index (χ2n) is 12.6. The lowest BCUT2D eigenvalue weighted by atomic mass is 9.48. The van der Waals surface area contributed by atoms with Crippen LogP contribution in [0.4, 0.5) is 10.8 Å². The summed E-state index contributed by atoms with van der Waals surface area (Å²) in [6.45, 7) is 7.07. The third-order valence-corrected chi connectivity index (χ3v) is 11.9. The number of fused-ring (bicyclic) bond motifs is 7. The fourth-order valence-electron chi connectivity index (χ4n) is 8.51. The number of halogens is 1. The maximum absolute atomic E-state index is 12.5. The van der Waals surface area contributed by atoms with Crippen LogP contribution in [-0.2, 0) is 16.0 Å². The molecule has 210 valence electrons. The standard InChI is InChI=1S/C32H41ClN2O3S/c1-5-6-7-28(36)38-27-13-11-21-20-9-10-23-29-24(15-17-31(23,2)22(20)14-16-32(21,27)3)34-30(39-29)35-25-18-19(33)8-12-26(25)37-4/h8,10,12,18,20-22,27H,5-7,9,11,13-17H2,1-4H3,(H,34,35)/t20-,21-,22-,27-,31+,32-/m0/s1. The maximum atomic E-state index is 12.5. The van der Waals surface area contributed by atoms with Crippen molar-refractivity contribution in [3.05, 3.63) is 39.9 Å². The summed E-state index contributed by atoms with van der Waals surface area (Å²) in [6, 6.07) is 5.62. The van der Waals surface area contributed by atoms with Crippen LogP contribution in [0.15, 0.2) is 24.3 Å². The van der Waals surface area contributed by atoms with Crippen molar-refractivity contribution in [1.29, 1.82) is 0 Å². The van der Waals surface area contributed by atoms with Gasteiger partial charge < -0.3 is 14.8 Å². The van der Waals surface area contributed by atoms with E-state index in [1.807, 2.05) is 18.2 Å². The summed E-state index contributed by atoms with van der Waals surface area (Å²) in [5.74, 6) is 2.73. The molecule has 5 nitrogen and oxygen atoms in total. The van der Waals surface area contributed by atoms with Crippen molar-refractivity contribution < 1.29 is 14.3 Å². The van der Waals surface area contributed by atoms with Gasteiger partial charge in [0.25, 0.3) is 0 Å². The minimum absolute atomic E-state index is 0.00782. The number of esters is 1. The van der Waals surface area contributed by atoms with Crippen LogP contribution in [0.5, 0.6) is 5.75 Å². The van der Waals surface area contributed by atoms with E-state index >= 15 is 0 Å². The number of nitrogens with zero attached hydrogens (tertiary/aromatic N) is 1. The van der Waals surface area contributed by atoms with E-state index in [2.05, 4.69) is 32.2 Å². The zero-order chi connectivity index (χ0) is 27.4. The van der Waals surface area contributed by atoms with Gasteiger partial charge >= 0.3 is 5.97 Å². The number of rotatable bonds is 7. The summed E-state index contributed by atoms with van der Waals surface area (Å²) in [5.41, 5.74) is 3.85. The molecule has 0 amide bonds. The van der Waals surface area contributed by atoms with E-state index in [1.165, 1.54) is 29.0 Å². The Morgan fingerprint density at radius 1 is 1.21 bits per heavy atom. The lowest BCUT2D eigenvalue weighted by Crippen LogP contribution is -2.50. The van der Waals surface area contributed by atoms with Crippen molar-refractivity contribution in [2.24, 2.45) is 28.6 Å². The van der Waals surface area contributed by atoms with Crippen LogP contribution >= 0.6 is 22.9 Å². The molecule has 4 aliphatic carbocycles. The van der Waals surface area contributed by atoms with Crippen LogP contribution in [0.2, 0.25) is 5.02 Å². The molecule has 2 fully saturated rings. The molecule has 2 saturated carbocycles. The second-order valence-corrected chi connectivity index (χ2v) is 14.1. The van der Waals surface area contributed by atoms with Gasteiger partial charge in [-0.05, 0) is 98.3 Å². The van der Waals surface area contributed by atoms with Gasteiger partial charge in [0.1, 0.15) is 11.9 Å². The predicted molar refractivity (Wildman–Crippen MR) is 159 cm³/mol. The Hall–Kier alpha value is -2.05. The first-order valence-corrected chi connectivity index (χ1v) is 16.0. The number of ether oxygens (including phenoxy) is 2. The summed E-state index contributed by atoms with van der Waals surface area (Å²) in [5, 5.41) is 5.05. The van der Waals surface area contributed by atoms with Gasteiger partial charge in [-0.3, -0.25) is 4.79 Å². The molecule has 6 atom stereocenters. The van der Waals surface area contributed by atoms with Crippen LogP contribution in [-0.4, -0.2) is 24.2 Å². The molecular weight excluding hydrogens is 528 g/mol. The topological polar surface area (TPSA) is 60.5 Å². The highest BCUT2D eigenvalue weighted by Crippen LogP contribution is 2.66. The number of aromatic nitrogens is 1. The Morgan fingerprint density at radius 3 is 2.85 bits per heavy atom. The Bertz CT molecular complexity index is 1290. The van der Waals surface area contributed by atoms with Crippen LogP contribution < -0.4 is 10.1 Å². The smallest absolute Gasteiger partial charge is 0.306 e. The summed E-state index contributed by atoms with van der Waals surface area (Å²) in [4.78, 5) is 18.9.